The minimum Gasteiger partial charge on any atom is -0.134 e. The molecule has 0 atom stereocenters. The Morgan fingerprint density at radius 3 is 1.54 bits per heavy atom. The molecule has 1 heterocycles. The summed E-state index contributed by atoms with van der Waals surface area (Å²) in [6.07, 6.45) is 0. The van der Waals surface area contributed by atoms with Crippen LogP contribution in [0.3, 0.4) is 0 Å². The third kappa shape index (κ3) is 5.02. The summed E-state index contributed by atoms with van der Waals surface area (Å²) in [5.74, 6) is 0. The fourth-order valence-corrected chi connectivity index (χ4v) is 13.8. The summed E-state index contributed by atoms with van der Waals surface area (Å²) < 4.78 is 2.82. The van der Waals surface area contributed by atoms with Crippen molar-refractivity contribution in [3.63, 3.8) is 0 Å². The van der Waals surface area contributed by atoms with E-state index in [-0.39, 0.29) is 10.8 Å². The highest BCUT2D eigenvalue weighted by Gasteiger charge is 2.39. The van der Waals surface area contributed by atoms with Crippen LogP contribution >= 0.6 is 11.3 Å². The zero-order chi connectivity index (χ0) is 43.3. The third-order valence-electron chi connectivity index (χ3n) is 15.4. The van der Waals surface area contributed by atoms with E-state index in [0.29, 0.717) is 0 Å². The minimum absolute atomic E-state index is 0.139. The zero-order valence-corrected chi connectivity index (χ0v) is 37.7. The summed E-state index contributed by atoms with van der Waals surface area (Å²) in [6, 6.07) is 73.6. The Labute approximate surface area is 383 Å². The van der Waals surface area contributed by atoms with Gasteiger partial charge in [0.25, 0.3) is 0 Å². The summed E-state index contributed by atoms with van der Waals surface area (Å²) in [7, 11) is 0. The predicted octanol–water partition coefficient (Wildman–Crippen LogP) is 18.3. The maximum atomic E-state index is 2.51. The molecule has 306 valence electrons. The lowest BCUT2D eigenvalue weighted by molar-refractivity contribution is 0.660. The van der Waals surface area contributed by atoms with Gasteiger partial charge in [-0.2, -0.15) is 0 Å². The van der Waals surface area contributed by atoms with Gasteiger partial charge in [0.15, 0.2) is 0 Å². The Balaban J connectivity index is 0.885. The molecule has 0 saturated carbocycles. The summed E-state index contributed by atoms with van der Waals surface area (Å²) in [6.45, 7) is 9.69. The quantitative estimate of drug-likeness (QED) is 0.155. The Morgan fingerprint density at radius 2 is 0.800 bits per heavy atom. The molecule has 0 fully saturated rings. The van der Waals surface area contributed by atoms with Crippen LogP contribution in [0.4, 0.5) is 0 Å². The lowest BCUT2D eigenvalue weighted by Crippen LogP contribution is -2.15. The molecule has 0 spiro atoms. The summed E-state index contributed by atoms with van der Waals surface area (Å²) in [4.78, 5) is 0. The third-order valence-corrected chi connectivity index (χ3v) is 16.7. The van der Waals surface area contributed by atoms with Gasteiger partial charge in [0.1, 0.15) is 0 Å². The van der Waals surface area contributed by atoms with E-state index in [1.54, 1.807) is 0 Å². The van der Waals surface area contributed by atoms with Crippen LogP contribution in [0, 0.1) is 0 Å². The van der Waals surface area contributed by atoms with Gasteiger partial charge in [-0.1, -0.05) is 204 Å². The van der Waals surface area contributed by atoms with Crippen LogP contribution in [0.15, 0.2) is 194 Å². The Kier molecular flexibility index (Phi) is 7.49. The highest BCUT2D eigenvalue weighted by Crippen LogP contribution is 2.56. The molecule has 0 N–H and O–H groups in total. The van der Waals surface area contributed by atoms with Crippen LogP contribution in [-0.2, 0) is 10.8 Å². The molecule has 0 unspecified atom stereocenters. The zero-order valence-electron chi connectivity index (χ0n) is 36.9. The number of fused-ring (bicyclic) bond motifs is 15. The Hall–Kier alpha value is -7.32. The van der Waals surface area contributed by atoms with Gasteiger partial charge >= 0.3 is 0 Å². The molecule has 14 rings (SSSR count). The van der Waals surface area contributed by atoms with Crippen molar-refractivity contribution in [2.45, 2.75) is 38.5 Å². The monoisotopic (exact) mass is 844 g/mol. The Morgan fingerprint density at radius 1 is 0.292 bits per heavy atom. The van der Waals surface area contributed by atoms with E-state index in [9.17, 15) is 0 Å². The lowest BCUT2D eigenvalue weighted by atomic mass is 9.80. The maximum Gasteiger partial charge on any atom is 0.0433 e. The molecule has 0 radical (unpaired) electrons. The number of thiophene rings is 1. The van der Waals surface area contributed by atoms with E-state index >= 15 is 0 Å². The minimum atomic E-state index is -0.157. The van der Waals surface area contributed by atoms with Gasteiger partial charge in [-0.15, -0.1) is 11.3 Å². The van der Waals surface area contributed by atoms with Gasteiger partial charge < -0.3 is 0 Å². The average Bonchev–Trinajstić information content (AvgIpc) is 3.92. The second-order valence-electron chi connectivity index (χ2n) is 19.5. The molecule has 11 aromatic carbocycles. The van der Waals surface area contributed by atoms with Crippen molar-refractivity contribution in [3.05, 3.63) is 216 Å². The fourth-order valence-electron chi connectivity index (χ4n) is 12.3. The first-order chi connectivity index (χ1) is 31.8. The van der Waals surface area contributed by atoms with Crippen molar-refractivity contribution >= 4 is 74.6 Å². The normalized spacial score (nSPS) is 14.4. The summed E-state index contributed by atoms with van der Waals surface area (Å²) in [5.41, 5.74) is 18.5. The van der Waals surface area contributed by atoms with Crippen LogP contribution < -0.4 is 0 Å². The molecule has 2 aliphatic carbocycles. The van der Waals surface area contributed by atoms with E-state index < -0.39 is 0 Å². The van der Waals surface area contributed by atoms with Gasteiger partial charge in [-0.3, -0.25) is 0 Å². The molecule has 1 aromatic heterocycles. The summed E-state index contributed by atoms with van der Waals surface area (Å²) in [5, 5.41) is 13.1. The van der Waals surface area contributed by atoms with Crippen LogP contribution in [0.25, 0.3) is 119 Å². The van der Waals surface area contributed by atoms with Crippen LogP contribution in [0.5, 0.6) is 0 Å². The van der Waals surface area contributed by atoms with Gasteiger partial charge in [-0.05, 0) is 139 Å². The van der Waals surface area contributed by atoms with Gasteiger partial charge in [0, 0.05) is 31.0 Å². The SMILES string of the molecule is CC1(C)c2ccc(-c3ccc4c(c3)C(C)(C)c3c-4ccc4c3sc3c5ccccc5ccc43)cc2-c2ccc(-c3c4ccccc4c(-c4cccc5ccccc45)c4ccccc34)cc21. The van der Waals surface area contributed by atoms with E-state index in [2.05, 4.69) is 222 Å². The predicted molar refractivity (Wildman–Crippen MR) is 281 cm³/mol. The Bertz CT molecular complexity index is 4000. The fraction of sp³-hybridized carbons (Fsp3) is 0.0938. The van der Waals surface area contributed by atoms with Crippen LogP contribution in [-0.4, -0.2) is 0 Å². The summed E-state index contributed by atoms with van der Waals surface area (Å²) >= 11 is 1.98. The second-order valence-corrected chi connectivity index (χ2v) is 20.5. The number of benzene rings is 11. The molecule has 2 aliphatic rings. The number of hydrogen-bond donors (Lipinski definition) is 0. The molecule has 0 aliphatic heterocycles. The molecule has 0 saturated heterocycles. The van der Waals surface area contributed by atoms with Crippen molar-refractivity contribution < 1.29 is 0 Å². The second kappa shape index (κ2) is 13.1. The van der Waals surface area contributed by atoms with Crippen LogP contribution in [0.2, 0.25) is 0 Å². The van der Waals surface area contributed by atoms with Crippen molar-refractivity contribution in [2.75, 3.05) is 0 Å². The molecular formula is C64H44S. The first-order valence-corrected chi connectivity index (χ1v) is 23.8. The van der Waals surface area contributed by atoms with Gasteiger partial charge in [0.05, 0.1) is 0 Å². The highest BCUT2D eigenvalue weighted by molar-refractivity contribution is 7.27. The average molecular weight is 845 g/mol. The van der Waals surface area contributed by atoms with Crippen LogP contribution in [0.1, 0.15) is 49.9 Å². The van der Waals surface area contributed by atoms with E-state index in [1.165, 1.54) is 141 Å². The van der Waals surface area contributed by atoms with Crippen molar-refractivity contribution in [3.8, 4) is 55.6 Å². The molecular weight excluding hydrogens is 801 g/mol. The first kappa shape index (κ1) is 37.1. The van der Waals surface area contributed by atoms with Crippen molar-refractivity contribution in [2.24, 2.45) is 0 Å². The topological polar surface area (TPSA) is 0 Å². The molecule has 0 bridgehead atoms. The van der Waals surface area contributed by atoms with E-state index in [0.717, 1.165) is 0 Å². The first-order valence-electron chi connectivity index (χ1n) is 23.0. The van der Waals surface area contributed by atoms with E-state index in [1.807, 2.05) is 11.3 Å². The molecule has 0 amide bonds. The smallest absolute Gasteiger partial charge is 0.0433 e. The van der Waals surface area contributed by atoms with Crippen molar-refractivity contribution in [1.29, 1.82) is 0 Å². The molecule has 1 heteroatoms. The largest absolute Gasteiger partial charge is 0.134 e. The van der Waals surface area contributed by atoms with E-state index in [4.69, 9.17) is 0 Å². The number of rotatable bonds is 3. The van der Waals surface area contributed by atoms with Crippen molar-refractivity contribution in [1.82, 2.24) is 0 Å². The van der Waals surface area contributed by atoms with Gasteiger partial charge in [-0.25, -0.2) is 0 Å². The maximum absolute atomic E-state index is 2.51. The standard InChI is InChI=1S/C64H44S/c1-63(2)55-33-27-39(40-25-28-44-51-31-32-53-52-30-24-38-15-6-8-18-43(38)61(52)65-62(53)60(51)64(3,4)57(44)35-40)34-54(55)45-29-26-41(36-56(45)63)58-47-19-9-11-21-49(47)59(50-22-12-10-20-48(50)58)46-23-13-16-37-14-5-7-17-42(37)46/h5-36H,1-4H3. The molecule has 0 nitrogen and oxygen atoms in total. The van der Waals surface area contributed by atoms with Gasteiger partial charge in [0.2, 0.25) is 0 Å². The number of hydrogen-bond acceptors (Lipinski definition) is 1. The highest BCUT2D eigenvalue weighted by atomic mass is 32.1. The molecule has 12 aromatic rings. The molecule has 65 heavy (non-hydrogen) atoms. The lowest BCUT2D eigenvalue weighted by Gasteiger charge is -2.23.